The summed E-state index contributed by atoms with van der Waals surface area (Å²) in [4.78, 5) is 34.0. The molecule has 9 heteroatoms. The first-order chi connectivity index (χ1) is 18.2. The lowest BCUT2D eigenvalue weighted by atomic mass is 9.58. The summed E-state index contributed by atoms with van der Waals surface area (Å²) in [6, 6.07) is 6.61. The van der Waals surface area contributed by atoms with Crippen LogP contribution < -0.4 is 15.6 Å². The first kappa shape index (κ1) is 25.0. The van der Waals surface area contributed by atoms with Crippen molar-refractivity contribution in [1.82, 2.24) is 14.9 Å². The number of hydrogen-bond donors (Lipinski definition) is 1. The Hall–Kier alpha value is -3.33. The first-order valence-electron chi connectivity index (χ1n) is 13.3. The third kappa shape index (κ3) is 4.26. The van der Waals surface area contributed by atoms with E-state index in [1.165, 1.54) is 16.8 Å². The van der Waals surface area contributed by atoms with Gasteiger partial charge in [0.1, 0.15) is 23.0 Å². The predicted octanol–water partition coefficient (Wildman–Crippen LogP) is 4.73. The van der Waals surface area contributed by atoms with Crippen molar-refractivity contribution < 1.29 is 18.3 Å². The Kier molecular flexibility index (Phi) is 6.01. The minimum absolute atomic E-state index is 0.00977. The number of carbonyl (C=O) groups is 1. The van der Waals surface area contributed by atoms with Crippen LogP contribution >= 0.6 is 0 Å². The number of nitrogens with zero attached hydrogens (tertiary/aromatic N) is 3. The Bertz CT molecular complexity index is 1460. The van der Waals surface area contributed by atoms with E-state index in [0.29, 0.717) is 17.8 Å². The summed E-state index contributed by atoms with van der Waals surface area (Å²) in [5, 5.41) is 3.38. The number of benzene rings is 1. The van der Waals surface area contributed by atoms with Gasteiger partial charge in [-0.3, -0.25) is 14.2 Å². The highest BCUT2D eigenvalue weighted by Crippen LogP contribution is 2.52. The van der Waals surface area contributed by atoms with Crippen LogP contribution in [0.2, 0.25) is 0 Å². The standard InChI is InChI=1S/C29H32F2N4O3/c1-28-8-11-29(12-9-28,13-10-28)33-27(37)21-17-35(23-5-3-18(30)15-22(23)31)26-20(25(21)36)4-6-24(32-26)34-14-7-19(16-34)38-2/h3-6,15,17,19H,7-14,16H2,1-2H3,(H,33,37)/t19-,28?,29?/m1/s1. The summed E-state index contributed by atoms with van der Waals surface area (Å²) in [6.07, 6.45) is 8.05. The van der Waals surface area contributed by atoms with Crippen molar-refractivity contribution in [3.05, 3.63) is 63.9 Å². The lowest BCUT2D eigenvalue weighted by molar-refractivity contribution is 0.0338. The van der Waals surface area contributed by atoms with Crippen LogP contribution in [0.4, 0.5) is 14.6 Å². The number of pyridine rings is 2. The highest BCUT2D eigenvalue weighted by Gasteiger charge is 2.47. The summed E-state index contributed by atoms with van der Waals surface area (Å²) < 4.78 is 35.7. The highest BCUT2D eigenvalue weighted by molar-refractivity contribution is 5.97. The van der Waals surface area contributed by atoms with Gasteiger partial charge >= 0.3 is 0 Å². The molecular formula is C29H32F2N4O3. The number of ether oxygens (including phenoxy) is 1. The van der Waals surface area contributed by atoms with Gasteiger partial charge in [-0.1, -0.05) is 6.92 Å². The fourth-order valence-electron chi connectivity index (χ4n) is 6.39. The molecule has 1 atom stereocenters. The van der Waals surface area contributed by atoms with E-state index >= 15 is 4.39 Å². The Morgan fingerprint density at radius 3 is 2.50 bits per heavy atom. The van der Waals surface area contributed by atoms with Crippen LogP contribution in [0, 0.1) is 17.0 Å². The smallest absolute Gasteiger partial charge is 0.257 e. The zero-order valence-corrected chi connectivity index (χ0v) is 21.7. The van der Waals surface area contributed by atoms with E-state index in [1.54, 1.807) is 19.2 Å². The Balaban J connectivity index is 1.45. The largest absolute Gasteiger partial charge is 0.380 e. The molecule has 4 fully saturated rings. The van der Waals surface area contributed by atoms with Gasteiger partial charge in [0.25, 0.3) is 5.91 Å². The summed E-state index contributed by atoms with van der Waals surface area (Å²) in [7, 11) is 1.67. The minimum atomic E-state index is -0.813. The van der Waals surface area contributed by atoms with Crippen LogP contribution in [0.25, 0.3) is 16.7 Å². The number of methoxy groups -OCH3 is 1. The van der Waals surface area contributed by atoms with Gasteiger partial charge in [-0.2, -0.15) is 0 Å². The van der Waals surface area contributed by atoms with E-state index < -0.39 is 23.0 Å². The number of fused-ring (bicyclic) bond motifs is 4. The molecule has 1 amide bonds. The number of amides is 1. The quantitative estimate of drug-likeness (QED) is 0.524. The van der Waals surface area contributed by atoms with Gasteiger partial charge in [0, 0.05) is 38.0 Å². The Labute approximate surface area is 219 Å². The van der Waals surface area contributed by atoms with E-state index in [1.807, 2.05) is 4.90 Å². The van der Waals surface area contributed by atoms with Crippen molar-refractivity contribution in [2.75, 3.05) is 25.1 Å². The molecule has 3 aliphatic carbocycles. The number of hydrogen-bond acceptors (Lipinski definition) is 5. The molecule has 1 saturated heterocycles. The number of aromatic nitrogens is 2. The second-order valence-corrected chi connectivity index (χ2v) is 11.5. The number of nitrogens with one attached hydrogen (secondary N) is 1. The van der Waals surface area contributed by atoms with Gasteiger partial charge in [0.2, 0.25) is 5.43 Å². The first-order valence-corrected chi connectivity index (χ1v) is 13.3. The van der Waals surface area contributed by atoms with Gasteiger partial charge < -0.3 is 15.0 Å². The lowest BCUT2D eigenvalue weighted by Gasteiger charge is -2.52. The van der Waals surface area contributed by atoms with Crippen LogP contribution in [-0.4, -0.2) is 47.3 Å². The normalized spacial score (nSPS) is 26.7. The summed E-state index contributed by atoms with van der Waals surface area (Å²) in [6.45, 7) is 3.68. The van der Waals surface area contributed by atoms with Crippen molar-refractivity contribution in [3.8, 4) is 5.69 Å². The molecule has 1 aliphatic heterocycles. The molecule has 1 aromatic carbocycles. The lowest BCUT2D eigenvalue weighted by Crippen LogP contribution is -2.56. The molecule has 3 heterocycles. The molecule has 0 spiro atoms. The Morgan fingerprint density at radius 2 is 1.84 bits per heavy atom. The average Bonchev–Trinajstić information content (AvgIpc) is 3.40. The molecule has 1 N–H and O–H groups in total. The van der Waals surface area contributed by atoms with Crippen molar-refractivity contribution >= 4 is 22.8 Å². The molecule has 2 bridgehead atoms. The maximum absolute atomic E-state index is 15.0. The van der Waals surface area contributed by atoms with Crippen LogP contribution in [0.3, 0.4) is 0 Å². The van der Waals surface area contributed by atoms with Gasteiger partial charge in [-0.25, -0.2) is 13.8 Å². The molecule has 0 radical (unpaired) electrons. The Morgan fingerprint density at radius 1 is 1.11 bits per heavy atom. The van der Waals surface area contributed by atoms with E-state index in [2.05, 4.69) is 12.2 Å². The van der Waals surface area contributed by atoms with Crippen LogP contribution in [0.5, 0.6) is 0 Å². The monoisotopic (exact) mass is 522 g/mol. The molecule has 3 saturated carbocycles. The molecule has 4 aliphatic rings. The SMILES string of the molecule is CO[C@@H]1CCN(c2ccc3c(=O)c(C(=O)NC45CCC(C)(CC4)CC5)cn(-c4ccc(F)cc4F)c3n2)C1. The van der Waals surface area contributed by atoms with E-state index in [9.17, 15) is 14.0 Å². The molecular weight excluding hydrogens is 490 g/mol. The topological polar surface area (TPSA) is 76.5 Å². The van der Waals surface area contributed by atoms with E-state index in [4.69, 9.17) is 9.72 Å². The van der Waals surface area contributed by atoms with Crippen molar-refractivity contribution in [3.63, 3.8) is 0 Å². The second-order valence-electron chi connectivity index (χ2n) is 11.5. The molecule has 200 valence electrons. The maximum atomic E-state index is 15.0. The van der Waals surface area contributed by atoms with Gasteiger partial charge in [-0.15, -0.1) is 0 Å². The molecule has 0 unspecified atom stereocenters. The summed E-state index contributed by atoms with van der Waals surface area (Å²) in [5.74, 6) is -1.38. The fraction of sp³-hybridized carbons (Fsp3) is 0.483. The van der Waals surface area contributed by atoms with Crippen molar-refractivity contribution in [2.24, 2.45) is 5.41 Å². The second kappa shape index (κ2) is 9.15. The average molecular weight is 523 g/mol. The van der Waals surface area contributed by atoms with Crippen LogP contribution in [0.1, 0.15) is 62.2 Å². The maximum Gasteiger partial charge on any atom is 0.257 e. The zero-order chi connectivity index (χ0) is 26.7. The number of carbonyl (C=O) groups excluding carboxylic acids is 1. The third-order valence-corrected chi connectivity index (χ3v) is 9.05. The number of halogens is 2. The third-order valence-electron chi connectivity index (χ3n) is 9.05. The molecule has 3 aromatic rings. The molecule has 2 aromatic heterocycles. The summed E-state index contributed by atoms with van der Waals surface area (Å²) >= 11 is 0. The molecule has 7 rings (SSSR count). The van der Waals surface area contributed by atoms with Crippen molar-refractivity contribution in [2.45, 2.75) is 63.5 Å². The van der Waals surface area contributed by atoms with Crippen molar-refractivity contribution in [1.29, 1.82) is 0 Å². The zero-order valence-electron chi connectivity index (χ0n) is 21.7. The minimum Gasteiger partial charge on any atom is -0.380 e. The summed E-state index contributed by atoms with van der Waals surface area (Å²) in [5.41, 5.74) is -0.304. The number of rotatable bonds is 5. The van der Waals surface area contributed by atoms with E-state index in [-0.39, 0.29) is 33.9 Å². The van der Waals surface area contributed by atoms with Crippen LogP contribution in [-0.2, 0) is 4.74 Å². The highest BCUT2D eigenvalue weighted by atomic mass is 19.1. The van der Waals surface area contributed by atoms with Gasteiger partial charge in [-0.05, 0) is 74.6 Å². The molecule has 7 nitrogen and oxygen atoms in total. The van der Waals surface area contributed by atoms with Gasteiger partial charge in [0.05, 0.1) is 17.2 Å². The van der Waals surface area contributed by atoms with E-state index in [0.717, 1.165) is 63.6 Å². The number of anilines is 1. The predicted molar refractivity (Wildman–Crippen MR) is 141 cm³/mol. The van der Waals surface area contributed by atoms with Gasteiger partial charge in [0.15, 0.2) is 5.65 Å². The molecule has 38 heavy (non-hydrogen) atoms. The fourth-order valence-corrected chi connectivity index (χ4v) is 6.39. The van der Waals surface area contributed by atoms with Crippen LogP contribution in [0.15, 0.2) is 41.3 Å².